The van der Waals surface area contributed by atoms with E-state index in [1.807, 2.05) is 6.92 Å². The quantitative estimate of drug-likeness (QED) is 0.845. The van der Waals surface area contributed by atoms with Crippen LogP contribution in [0.25, 0.3) is 0 Å². The maximum atomic E-state index is 13.1. The molecule has 3 heterocycles. The molecule has 0 spiro atoms. The molecule has 150 valence electrons. The van der Waals surface area contributed by atoms with E-state index in [0.717, 1.165) is 6.42 Å². The third kappa shape index (κ3) is 3.27. The van der Waals surface area contributed by atoms with Gasteiger partial charge >= 0.3 is 5.97 Å². The first kappa shape index (κ1) is 18.6. The molecule has 1 aromatic rings. The van der Waals surface area contributed by atoms with Crippen molar-refractivity contribution >= 4 is 17.8 Å². The molecule has 8 nitrogen and oxygen atoms in total. The van der Waals surface area contributed by atoms with E-state index in [1.165, 1.54) is 0 Å². The number of rotatable bonds is 3. The highest BCUT2D eigenvalue weighted by Gasteiger charge is 2.40. The van der Waals surface area contributed by atoms with E-state index in [1.54, 1.807) is 28.0 Å². The first-order chi connectivity index (χ1) is 13.5. The molecule has 4 rings (SSSR count). The summed E-state index contributed by atoms with van der Waals surface area (Å²) >= 11 is 0. The Labute approximate surface area is 163 Å². The summed E-state index contributed by atoms with van der Waals surface area (Å²) in [6, 6.07) is 4.56. The molecule has 3 aliphatic heterocycles. The van der Waals surface area contributed by atoms with Crippen molar-refractivity contribution in [3.8, 4) is 11.5 Å². The number of fused-ring (bicyclic) bond motifs is 1. The van der Waals surface area contributed by atoms with Crippen molar-refractivity contribution in [2.75, 3.05) is 26.4 Å². The first-order valence-corrected chi connectivity index (χ1v) is 9.68. The molecule has 8 heteroatoms. The number of carboxylic acid groups (broad SMARTS) is 1. The fourth-order valence-electron chi connectivity index (χ4n) is 4.39. The Kier molecular flexibility index (Phi) is 4.87. The van der Waals surface area contributed by atoms with Gasteiger partial charge in [0.05, 0.1) is 5.92 Å². The lowest BCUT2D eigenvalue weighted by molar-refractivity contribution is -0.149. The molecule has 0 aromatic heterocycles. The Morgan fingerprint density at radius 1 is 1.11 bits per heavy atom. The van der Waals surface area contributed by atoms with Crippen LogP contribution in [0.4, 0.5) is 0 Å². The summed E-state index contributed by atoms with van der Waals surface area (Å²) in [5.41, 5.74) is 0.474. The van der Waals surface area contributed by atoms with Gasteiger partial charge in [-0.15, -0.1) is 0 Å². The molecular formula is C20H24N2O6. The molecule has 0 radical (unpaired) electrons. The van der Waals surface area contributed by atoms with E-state index in [0.29, 0.717) is 49.5 Å². The topological polar surface area (TPSA) is 96.4 Å². The van der Waals surface area contributed by atoms with Crippen LogP contribution in [0.5, 0.6) is 11.5 Å². The number of hydrogen-bond donors (Lipinski definition) is 1. The molecule has 0 bridgehead atoms. The van der Waals surface area contributed by atoms with Crippen LogP contribution < -0.4 is 9.47 Å². The van der Waals surface area contributed by atoms with Gasteiger partial charge in [0.2, 0.25) is 12.7 Å². The Balaban J connectivity index is 1.47. The van der Waals surface area contributed by atoms with Gasteiger partial charge in [0.1, 0.15) is 6.04 Å². The van der Waals surface area contributed by atoms with Crippen molar-refractivity contribution in [1.82, 2.24) is 9.80 Å². The minimum atomic E-state index is -0.805. The highest BCUT2D eigenvalue weighted by Crippen LogP contribution is 2.34. The Hall–Kier alpha value is -2.77. The van der Waals surface area contributed by atoms with Crippen molar-refractivity contribution in [1.29, 1.82) is 0 Å². The standard InChI is InChI=1S/C20H24N2O6/c1-12-10-21(8-6-14(12)20(25)26)19(24)15-3-2-7-22(15)18(23)13-4-5-16-17(9-13)28-11-27-16/h4-5,9,12,14-15H,2-3,6-8,10-11H2,1H3,(H,25,26). The minimum Gasteiger partial charge on any atom is -0.481 e. The van der Waals surface area contributed by atoms with Gasteiger partial charge in [0, 0.05) is 25.2 Å². The summed E-state index contributed by atoms with van der Waals surface area (Å²) in [5, 5.41) is 9.28. The van der Waals surface area contributed by atoms with E-state index in [4.69, 9.17) is 9.47 Å². The molecular weight excluding hydrogens is 364 g/mol. The van der Waals surface area contributed by atoms with E-state index in [-0.39, 0.29) is 24.5 Å². The SMILES string of the molecule is CC1CN(C(=O)C2CCCN2C(=O)c2ccc3c(c2)OCO3)CCC1C(=O)O. The molecule has 0 aliphatic carbocycles. The number of aliphatic carboxylic acids is 1. The summed E-state index contributed by atoms with van der Waals surface area (Å²) in [6.45, 7) is 3.37. The number of hydrogen-bond acceptors (Lipinski definition) is 5. The number of benzene rings is 1. The summed E-state index contributed by atoms with van der Waals surface area (Å²) < 4.78 is 10.6. The van der Waals surface area contributed by atoms with Crippen molar-refractivity contribution in [2.24, 2.45) is 11.8 Å². The Bertz CT molecular complexity index is 810. The summed E-state index contributed by atoms with van der Waals surface area (Å²) in [4.78, 5) is 40.8. The number of ether oxygens (including phenoxy) is 2. The Morgan fingerprint density at radius 2 is 1.89 bits per heavy atom. The average molecular weight is 388 g/mol. The molecule has 3 aliphatic rings. The van der Waals surface area contributed by atoms with Crippen LogP contribution in [0.2, 0.25) is 0 Å². The van der Waals surface area contributed by atoms with Crippen molar-refractivity contribution < 1.29 is 29.0 Å². The smallest absolute Gasteiger partial charge is 0.306 e. The largest absolute Gasteiger partial charge is 0.481 e. The van der Waals surface area contributed by atoms with Gasteiger partial charge in [0.25, 0.3) is 5.91 Å². The normalized spacial score (nSPS) is 26.4. The second-order valence-corrected chi connectivity index (χ2v) is 7.72. The van der Waals surface area contributed by atoms with Gasteiger partial charge in [-0.2, -0.15) is 0 Å². The lowest BCUT2D eigenvalue weighted by atomic mass is 9.86. The van der Waals surface area contributed by atoms with Crippen LogP contribution in [0.15, 0.2) is 18.2 Å². The van der Waals surface area contributed by atoms with Crippen molar-refractivity contribution in [3.63, 3.8) is 0 Å². The second kappa shape index (κ2) is 7.33. The first-order valence-electron chi connectivity index (χ1n) is 9.68. The molecule has 2 fully saturated rings. The van der Waals surface area contributed by atoms with Crippen LogP contribution in [-0.4, -0.2) is 65.2 Å². The van der Waals surface area contributed by atoms with Gasteiger partial charge in [0.15, 0.2) is 11.5 Å². The predicted molar refractivity (Wildman–Crippen MR) is 98.1 cm³/mol. The van der Waals surface area contributed by atoms with Crippen LogP contribution in [0.3, 0.4) is 0 Å². The summed E-state index contributed by atoms with van der Waals surface area (Å²) in [6.07, 6.45) is 1.85. The monoisotopic (exact) mass is 388 g/mol. The maximum absolute atomic E-state index is 13.1. The number of carbonyl (C=O) groups excluding carboxylic acids is 2. The second-order valence-electron chi connectivity index (χ2n) is 7.72. The fourth-order valence-corrected chi connectivity index (χ4v) is 4.39. The number of carboxylic acids is 1. The van der Waals surface area contributed by atoms with Crippen LogP contribution in [0, 0.1) is 11.8 Å². The minimum absolute atomic E-state index is 0.0812. The Morgan fingerprint density at radius 3 is 2.64 bits per heavy atom. The zero-order valence-corrected chi connectivity index (χ0v) is 15.8. The summed E-state index contributed by atoms with van der Waals surface area (Å²) in [5.74, 6) is -0.447. The molecule has 28 heavy (non-hydrogen) atoms. The average Bonchev–Trinajstić information content (AvgIpc) is 3.35. The van der Waals surface area contributed by atoms with Gasteiger partial charge in [-0.05, 0) is 43.4 Å². The lowest BCUT2D eigenvalue weighted by Gasteiger charge is -2.37. The van der Waals surface area contributed by atoms with Crippen LogP contribution >= 0.6 is 0 Å². The molecule has 1 aromatic carbocycles. The van der Waals surface area contributed by atoms with Gasteiger partial charge in [-0.25, -0.2) is 0 Å². The molecule has 2 amide bonds. The van der Waals surface area contributed by atoms with Crippen LogP contribution in [0.1, 0.15) is 36.5 Å². The summed E-state index contributed by atoms with van der Waals surface area (Å²) in [7, 11) is 0. The molecule has 3 unspecified atom stereocenters. The predicted octanol–water partition coefficient (Wildman–Crippen LogP) is 1.59. The van der Waals surface area contributed by atoms with Gasteiger partial charge < -0.3 is 24.4 Å². The van der Waals surface area contributed by atoms with Gasteiger partial charge in [-0.3, -0.25) is 14.4 Å². The van der Waals surface area contributed by atoms with E-state index >= 15 is 0 Å². The van der Waals surface area contributed by atoms with Crippen LogP contribution in [-0.2, 0) is 9.59 Å². The third-order valence-electron chi connectivity index (χ3n) is 5.95. The molecule has 0 saturated carbocycles. The van der Waals surface area contributed by atoms with Gasteiger partial charge in [-0.1, -0.05) is 6.92 Å². The number of carbonyl (C=O) groups is 3. The highest BCUT2D eigenvalue weighted by molar-refractivity contribution is 5.98. The molecule has 1 N–H and O–H groups in total. The fraction of sp³-hybridized carbons (Fsp3) is 0.550. The number of amides is 2. The van der Waals surface area contributed by atoms with Crippen molar-refractivity contribution in [3.05, 3.63) is 23.8 Å². The number of likely N-dealkylation sites (tertiary alicyclic amines) is 2. The van der Waals surface area contributed by atoms with E-state index in [2.05, 4.69) is 0 Å². The third-order valence-corrected chi connectivity index (χ3v) is 5.95. The molecule has 2 saturated heterocycles. The van der Waals surface area contributed by atoms with E-state index in [9.17, 15) is 19.5 Å². The van der Waals surface area contributed by atoms with Crippen molar-refractivity contribution in [2.45, 2.75) is 32.2 Å². The number of piperidine rings is 1. The number of nitrogens with zero attached hydrogens (tertiary/aromatic N) is 2. The van der Waals surface area contributed by atoms with E-state index < -0.39 is 17.9 Å². The highest BCUT2D eigenvalue weighted by atomic mass is 16.7. The zero-order chi connectivity index (χ0) is 19.8. The maximum Gasteiger partial charge on any atom is 0.306 e. The lowest BCUT2D eigenvalue weighted by Crippen LogP contribution is -2.52. The molecule has 3 atom stereocenters. The zero-order valence-electron chi connectivity index (χ0n) is 15.8.